The number of hydrogen-bond donors (Lipinski definition) is 0. The van der Waals surface area contributed by atoms with Gasteiger partial charge in [0.2, 0.25) is 0 Å². The van der Waals surface area contributed by atoms with Crippen molar-refractivity contribution >= 4 is 37.4 Å². The average molecular weight is 382 g/mol. The molecular formula is C14H18BrClO3S. The minimum Gasteiger partial charge on any atom is -0.489 e. The number of para-hydroxylation sites is 1. The van der Waals surface area contributed by atoms with E-state index in [9.17, 15) is 8.42 Å². The first kappa shape index (κ1) is 16.1. The second kappa shape index (κ2) is 6.67. The van der Waals surface area contributed by atoms with E-state index >= 15 is 0 Å². The van der Waals surface area contributed by atoms with Crippen LogP contribution in [0.15, 0.2) is 18.2 Å². The van der Waals surface area contributed by atoms with Crippen LogP contribution >= 0.6 is 27.5 Å². The van der Waals surface area contributed by atoms with Crippen LogP contribution in [0.1, 0.15) is 31.2 Å². The van der Waals surface area contributed by atoms with E-state index in [0.29, 0.717) is 22.5 Å². The van der Waals surface area contributed by atoms with Crippen LogP contribution < -0.4 is 4.74 Å². The van der Waals surface area contributed by atoms with Gasteiger partial charge in [0.1, 0.15) is 21.7 Å². The van der Waals surface area contributed by atoms with Gasteiger partial charge in [0.15, 0.2) is 0 Å². The molecule has 0 amide bonds. The van der Waals surface area contributed by atoms with Crippen molar-refractivity contribution in [2.75, 3.05) is 6.26 Å². The van der Waals surface area contributed by atoms with E-state index in [1.54, 1.807) is 6.07 Å². The monoisotopic (exact) mass is 380 g/mol. The van der Waals surface area contributed by atoms with Gasteiger partial charge in [0.05, 0.1) is 10.3 Å². The molecule has 0 N–H and O–H groups in total. The van der Waals surface area contributed by atoms with E-state index in [2.05, 4.69) is 15.9 Å². The van der Waals surface area contributed by atoms with Crippen LogP contribution in [-0.2, 0) is 15.2 Å². The van der Waals surface area contributed by atoms with Gasteiger partial charge in [0.25, 0.3) is 0 Å². The van der Waals surface area contributed by atoms with E-state index in [-0.39, 0.29) is 11.4 Å². The zero-order chi connectivity index (χ0) is 14.8. The lowest BCUT2D eigenvalue weighted by Crippen LogP contribution is -2.33. The Kier molecular flexibility index (Phi) is 5.37. The number of rotatable bonds is 4. The van der Waals surface area contributed by atoms with Crippen LogP contribution in [0.4, 0.5) is 0 Å². The van der Waals surface area contributed by atoms with E-state index in [1.165, 1.54) is 6.26 Å². The third-order valence-electron chi connectivity index (χ3n) is 3.66. The predicted molar refractivity (Wildman–Crippen MR) is 85.6 cm³/mol. The number of ether oxygens (including phenoxy) is 1. The lowest BCUT2D eigenvalue weighted by Gasteiger charge is -2.29. The van der Waals surface area contributed by atoms with E-state index in [4.69, 9.17) is 16.3 Å². The topological polar surface area (TPSA) is 43.4 Å². The first-order valence-electron chi connectivity index (χ1n) is 6.60. The summed E-state index contributed by atoms with van der Waals surface area (Å²) in [5, 5.41) is 0.935. The minimum absolute atomic E-state index is 0.0822. The second-order valence-electron chi connectivity index (χ2n) is 5.22. The zero-order valence-corrected chi connectivity index (χ0v) is 14.5. The summed E-state index contributed by atoms with van der Waals surface area (Å²) in [6.45, 7) is 0. The summed E-state index contributed by atoms with van der Waals surface area (Å²) < 4.78 is 29.4. The number of benzene rings is 1. The molecular weight excluding hydrogens is 364 g/mol. The quantitative estimate of drug-likeness (QED) is 0.741. The van der Waals surface area contributed by atoms with Crippen LogP contribution in [-0.4, -0.2) is 26.0 Å². The van der Waals surface area contributed by atoms with Gasteiger partial charge >= 0.3 is 0 Å². The van der Waals surface area contributed by atoms with E-state index in [1.807, 2.05) is 12.1 Å². The summed E-state index contributed by atoms with van der Waals surface area (Å²) in [4.78, 5) is 0. The van der Waals surface area contributed by atoms with Gasteiger partial charge in [-0.1, -0.05) is 39.7 Å². The lowest BCUT2D eigenvalue weighted by molar-refractivity contribution is 0.155. The first-order chi connectivity index (χ1) is 9.41. The standard InChI is InChI=1S/C14H18BrClO3S/c1-20(17,18)12-6-3-5-11(8-12)19-14-10(9-15)4-2-7-13(14)16/h2,4,7,11-12H,3,5-6,8-9H2,1H3. The molecule has 0 bridgehead atoms. The molecule has 2 rings (SSSR count). The maximum Gasteiger partial charge on any atom is 0.150 e. The Hall–Kier alpha value is -0.260. The smallest absolute Gasteiger partial charge is 0.150 e. The van der Waals surface area contributed by atoms with Gasteiger partial charge in [-0.25, -0.2) is 8.42 Å². The highest BCUT2D eigenvalue weighted by atomic mass is 79.9. The molecule has 112 valence electrons. The summed E-state index contributed by atoms with van der Waals surface area (Å²) in [5.74, 6) is 0.671. The van der Waals surface area contributed by atoms with E-state index in [0.717, 1.165) is 24.8 Å². The van der Waals surface area contributed by atoms with Crippen LogP contribution in [0.5, 0.6) is 5.75 Å². The Morgan fingerprint density at radius 3 is 2.80 bits per heavy atom. The Morgan fingerprint density at radius 2 is 2.15 bits per heavy atom. The number of halogens is 2. The van der Waals surface area contributed by atoms with Crippen molar-refractivity contribution in [3.8, 4) is 5.75 Å². The predicted octanol–water partition coefficient (Wildman–Crippen LogP) is 3.97. The van der Waals surface area contributed by atoms with Crippen LogP contribution in [0.25, 0.3) is 0 Å². The number of alkyl halides is 1. The number of hydrogen-bond acceptors (Lipinski definition) is 3. The van der Waals surface area contributed by atoms with Crippen molar-refractivity contribution < 1.29 is 13.2 Å². The zero-order valence-electron chi connectivity index (χ0n) is 11.3. The van der Waals surface area contributed by atoms with Crippen molar-refractivity contribution in [1.82, 2.24) is 0 Å². The Morgan fingerprint density at radius 1 is 1.40 bits per heavy atom. The van der Waals surface area contributed by atoms with Gasteiger partial charge in [0, 0.05) is 23.6 Å². The first-order valence-corrected chi connectivity index (χ1v) is 10.1. The third kappa shape index (κ3) is 3.89. The summed E-state index contributed by atoms with van der Waals surface area (Å²) in [5.41, 5.74) is 0.985. The van der Waals surface area contributed by atoms with Gasteiger partial charge in [-0.15, -0.1) is 0 Å². The van der Waals surface area contributed by atoms with Crippen LogP contribution in [0, 0.1) is 0 Å². The molecule has 2 atom stereocenters. The molecule has 0 aromatic heterocycles. The minimum atomic E-state index is -3.00. The summed E-state index contributed by atoms with van der Waals surface area (Å²) >= 11 is 9.61. The maximum absolute atomic E-state index is 11.7. The van der Waals surface area contributed by atoms with Gasteiger partial charge in [-0.2, -0.15) is 0 Å². The Labute approximate surface area is 133 Å². The van der Waals surface area contributed by atoms with Crippen molar-refractivity contribution in [3.05, 3.63) is 28.8 Å². The fraction of sp³-hybridized carbons (Fsp3) is 0.571. The van der Waals surface area contributed by atoms with Crippen molar-refractivity contribution in [1.29, 1.82) is 0 Å². The second-order valence-corrected chi connectivity index (χ2v) is 8.51. The van der Waals surface area contributed by atoms with Gasteiger partial charge in [-0.3, -0.25) is 0 Å². The third-order valence-corrected chi connectivity index (χ3v) is 6.20. The molecule has 1 saturated carbocycles. The Balaban J connectivity index is 2.14. The summed E-state index contributed by atoms with van der Waals surface area (Å²) in [6, 6.07) is 5.62. The molecule has 1 aliphatic rings. The molecule has 3 nitrogen and oxygen atoms in total. The fourth-order valence-electron chi connectivity index (χ4n) is 2.56. The summed E-state index contributed by atoms with van der Waals surface area (Å²) in [6.07, 6.45) is 4.24. The Bertz CT molecular complexity index is 574. The molecule has 2 unspecified atom stereocenters. The normalized spacial score (nSPS) is 23.6. The largest absolute Gasteiger partial charge is 0.489 e. The van der Waals surface area contributed by atoms with Gasteiger partial charge < -0.3 is 4.74 Å². The molecule has 1 aromatic carbocycles. The lowest BCUT2D eigenvalue weighted by atomic mass is 9.97. The van der Waals surface area contributed by atoms with Crippen LogP contribution in [0.2, 0.25) is 5.02 Å². The molecule has 0 spiro atoms. The highest BCUT2D eigenvalue weighted by molar-refractivity contribution is 9.08. The molecule has 0 saturated heterocycles. The molecule has 1 fully saturated rings. The molecule has 20 heavy (non-hydrogen) atoms. The van der Waals surface area contributed by atoms with Crippen molar-refractivity contribution in [2.24, 2.45) is 0 Å². The van der Waals surface area contributed by atoms with Gasteiger partial charge in [-0.05, 0) is 25.3 Å². The fourth-order valence-corrected chi connectivity index (χ4v) is 4.39. The molecule has 6 heteroatoms. The SMILES string of the molecule is CS(=O)(=O)C1CCCC(Oc2c(Cl)cccc2CBr)C1. The molecule has 1 aromatic rings. The molecule has 0 aliphatic heterocycles. The highest BCUT2D eigenvalue weighted by Crippen LogP contribution is 2.34. The number of sulfone groups is 1. The van der Waals surface area contributed by atoms with Crippen LogP contribution in [0.3, 0.4) is 0 Å². The van der Waals surface area contributed by atoms with Crippen molar-refractivity contribution in [2.45, 2.75) is 42.4 Å². The molecule has 1 aliphatic carbocycles. The molecule has 0 heterocycles. The van der Waals surface area contributed by atoms with E-state index < -0.39 is 9.84 Å². The highest BCUT2D eigenvalue weighted by Gasteiger charge is 2.30. The summed E-state index contributed by atoms with van der Waals surface area (Å²) in [7, 11) is -3.00. The maximum atomic E-state index is 11.7. The van der Waals surface area contributed by atoms with Crippen molar-refractivity contribution in [3.63, 3.8) is 0 Å². The molecule has 0 radical (unpaired) electrons. The average Bonchev–Trinajstić information content (AvgIpc) is 2.40.